The Labute approximate surface area is 182 Å². The number of para-hydroxylation sites is 1. The topological polar surface area (TPSA) is 68.2 Å². The highest BCUT2D eigenvalue weighted by atomic mass is 35.5. The van der Waals surface area contributed by atoms with Gasteiger partial charge >= 0.3 is 0 Å². The summed E-state index contributed by atoms with van der Waals surface area (Å²) in [4.78, 5) is 12.8. The fraction of sp³-hybridized carbons (Fsp3) is 0.348. The number of fused-ring (bicyclic) bond motifs is 1. The minimum absolute atomic E-state index is 0.0855. The van der Waals surface area contributed by atoms with Gasteiger partial charge in [0.25, 0.3) is 0 Å². The molecular weight excluding hydrogens is 420 g/mol. The third-order valence-electron chi connectivity index (χ3n) is 5.67. The number of hydrogen-bond acceptors (Lipinski definition) is 3. The highest BCUT2D eigenvalue weighted by molar-refractivity contribution is 7.90. The van der Waals surface area contributed by atoms with Gasteiger partial charge in [0.2, 0.25) is 5.91 Å². The molecular formula is C23H25ClN2O3S. The number of halogens is 1. The second-order valence-electron chi connectivity index (χ2n) is 7.89. The fourth-order valence-electron chi connectivity index (χ4n) is 4.16. The average molecular weight is 445 g/mol. The first-order chi connectivity index (χ1) is 14.4. The molecule has 158 valence electrons. The summed E-state index contributed by atoms with van der Waals surface area (Å²) in [5.74, 6) is -0.271. The SMILES string of the molecule is O=C(Cn1cc(S(=O)(=O)Cc2ccccc2Cl)c2ccccc21)NC1CCCCC1. The van der Waals surface area contributed by atoms with Gasteiger partial charge in [-0.05, 0) is 30.5 Å². The van der Waals surface area contributed by atoms with Gasteiger partial charge in [0.15, 0.2) is 9.84 Å². The summed E-state index contributed by atoms with van der Waals surface area (Å²) in [5, 5.41) is 4.15. The number of aromatic nitrogens is 1. The Bertz CT molecular complexity index is 1160. The monoisotopic (exact) mass is 444 g/mol. The third-order valence-corrected chi connectivity index (χ3v) is 7.73. The van der Waals surface area contributed by atoms with Crippen LogP contribution in [0.15, 0.2) is 59.6 Å². The molecule has 1 N–H and O–H groups in total. The molecule has 0 spiro atoms. The first-order valence-corrected chi connectivity index (χ1v) is 12.3. The summed E-state index contributed by atoms with van der Waals surface area (Å²) in [6.07, 6.45) is 7.10. The van der Waals surface area contributed by atoms with Gasteiger partial charge < -0.3 is 9.88 Å². The van der Waals surface area contributed by atoms with Gasteiger partial charge in [-0.25, -0.2) is 8.42 Å². The average Bonchev–Trinajstić information content (AvgIpc) is 3.10. The van der Waals surface area contributed by atoms with Crippen molar-refractivity contribution in [3.05, 3.63) is 65.3 Å². The maximum atomic E-state index is 13.2. The van der Waals surface area contributed by atoms with Crippen LogP contribution in [-0.2, 0) is 26.9 Å². The molecule has 2 aromatic carbocycles. The minimum atomic E-state index is -3.64. The predicted octanol–water partition coefficient (Wildman–Crippen LogP) is 4.72. The lowest BCUT2D eigenvalue weighted by Crippen LogP contribution is -2.38. The molecule has 1 aliphatic rings. The van der Waals surface area contributed by atoms with E-state index in [4.69, 9.17) is 11.6 Å². The van der Waals surface area contributed by atoms with Gasteiger partial charge in [-0.2, -0.15) is 0 Å². The zero-order chi connectivity index (χ0) is 21.1. The normalized spacial score (nSPS) is 15.4. The predicted molar refractivity (Wildman–Crippen MR) is 119 cm³/mol. The number of nitrogens with zero attached hydrogens (tertiary/aromatic N) is 1. The van der Waals surface area contributed by atoms with Crippen LogP contribution in [0.1, 0.15) is 37.7 Å². The molecule has 1 saturated carbocycles. The summed E-state index contributed by atoms with van der Waals surface area (Å²) in [6.45, 7) is 0.0959. The number of hydrogen-bond donors (Lipinski definition) is 1. The Morgan fingerprint density at radius 2 is 1.73 bits per heavy atom. The molecule has 0 unspecified atom stereocenters. The highest BCUT2D eigenvalue weighted by Crippen LogP contribution is 2.29. The number of rotatable bonds is 6. The van der Waals surface area contributed by atoms with Crippen LogP contribution in [0.4, 0.5) is 0 Å². The molecule has 7 heteroatoms. The largest absolute Gasteiger partial charge is 0.352 e. The van der Waals surface area contributed by atoms with E-state index >= 15 is 0 Å². The van der Waals surface area contributed by atoms with Crippen LogP contribution in [0, 0.1) is 0 Å². The maximum Gasteiger partial charge on any atom is 0.240 e. The fourth-order valence-corrected chi connectivity index (χ4v) is 6.06. The molecule has 3 aromatic rings. The van der Waals surface area contributed by atoms with Crippen LogP contribution in [0.25, 0.3) is 10.9 Å². The zero-order valence-electron chi connectivity index (χ0n) is 16.7. The van der Waals surface area contributed by atoms with Crippen molar-refractivity contribution in [1.29, 1.82) is 0 Å². The number of nitrogens with one attached hydrogen (secondary N) is 1. The van der Waals surface area contributed by atoms with Gasteiger partial charge in [0.1, 0.15) is 6.54 Å². The Kier molecular flexibility index (Phi) is 6.16. The van der Waals surface area contributed by atoms with E-state index in [2.05, 4.69) is 5.32 Å². The molecule has 0 bridgehead atoms. The van der Waals surface area contributed by atoms with Gasteiger partial charge in [-0.15, -0.1) is 0 Å². The number of carbonyl (C=O) groups is 1. The molecule has 0 aliphatic heterocycles. The van der Waals surface area contributed by atoms with Crippen molar-refractivity contribution in [2.45, 2.75) is 55.3 Å². The minimum Gasteiger partial charge on any atom is -0.352 e. The molecule has 1 aliphatic carbocycles. The second-order valence-corrected chi connectivity index (χ2v) is 10.3. The first kappa shape index (κ1) is 20.9. The van der Waals surface area contributed by atoms with E-state index < -0.39 is 9.84 Å². The Hall–Kier alpha value is -2.31. The standard InChI is InChI=1S/C23H25ClN2O3S/c24-20-12-6-4-8-17(20)16-30(28,29)22-14-26(21-13-7-5-11-19(21)22)15-23(27)25-18-9-2-1-3-10-18/h4-8,11-14,18H,1-3,9-10,15-16H2,(H,25,27). The number of amides is 1. The Morgan fingerprint density at radius 3 is 2.50 bits per heavy atom. The maximum absolute atomic E-state index is 13.2. The van der Waals surface area contributed by atoms with E-state index in [1.54, 1.807) is 41.1 Å². The summed E-state index contributed by atoms with van der Waals surface area (Å²) in [5.41, 5.74) is 1.29. The van der Waals surface area contributed by atoms with Gasteiger partial charge in [-0.1, -0.05) is 67.3 Å². The van der Waals surface area contributed by atoms with Gasteiger partial charge in [0.05, 0.1) is 10.6 Å². The first-order valence-electron chi connectivity index (χ1n) is 10.3. The van der Waals surface area contributed by atoms with Crippen molar-refractivity contribution in [1.82, 2.24) is 9.88 Å². The molecule has 5 nitrogen and oxygen atoms in total. The van der Waals surface area contributed by atoms with E-state index in [1.165, 1.54) is 6.42 Å². The van der Waals surface area contributed by atoms with Crippen LogP contribution in [-0.4, -0.2) is 24.9 Å². The lowest BCUT2D eigenvalue weighted by molar-refractivity contribution is -0.122. The summed E-state index contributed by atoms with van der Waals surface area (Å²) < 4.78 is 28.2. The summed E-state index contributed by atoms with van der Waals surface area (Å²) >= 11 is 6.18. The zero-order valence-corrected chi connectivity index (χ0v) is 18.3. The van der Waals surface area contributed by atoms with E-state index in [0.29, 0.717) is 16.0 Å². The molecule has 0 radical (unpaired) electrons. The molecule has 30 heavy (non-hydrogen) atoms. The lowest BCUT2D eigenvalue weighted by atomic mass is 9.95. The Morgan fingerprint density at radius 1 is 1.03 bits per heavy atom. The van der Waals surface area contributed by atoms with E-state index in [-0.39, 0.29) is 29.1 Å². The third kappa shape index (κ3) is 4.55. The van der Waals surface area contributed by atoms with E-state index in [9.17, 15) is 13.2 Å². The summed E-state index contributed by atoms with van der Waals surface area (Å²) in [6, 6.07) is 14.5. The number of benzene rings is 2. The lowest BCUT2D eigenvalue weighted by Gasteiger charge is -2.22. The van der Waals surface area contributed by atoms with Crippen LogP contribution in [0.3, 0.4) is 0 Å². The van der Waals surface area contributed by atoms with E-state index in [1.807, 2.05) is 18.2 Å². The quantitative estimate of drug-likeness (QED) is 0.598. The van der Waals surface area contributed by atoms with Crippen LogP contribution >= 0.6 is 11.6 Å². The molecule has 0 saturated heterocycles. The smallest absolute Gasteiger partial charge is 0.240 e. The van der Waals surface area contributed by atoms with Gasteiger partial charge in [-0.3, -0.25) is 4.79 Å². The highest BCUT2D eigenvalue weighted by Gasteiger charge is 2.24. The molecule has 1 amide bonds. The molecule has 4 rings (SSSR count). The van der Waals surface area contributed by atoms with Crippen molar-refractivity contribution in [3.8, 4) is 0 Å². The van der Waals surface area contributed by atoms with E-state index in [0.717, 1.165) is 31.2 Å². The van der Waals surface area contributed by atoms with Gasteiger partial charge in [0, 0.05) is 28.2 Å². The van der Waals surface area contributed by atoms with Crippen LogP contribution < -0.4 is 5.32 Å². The summed E-state index contributed by atoms with van der Waals surface area (Å²) in [7, 11) is -3.64. The van der Waals surface area contributed by atoms with Crippen molar-refractivity contribution < 1.29 is 13.2 Å². The van der Waals surface area contributed by atoms with Crippen molar-refractivity contribution in [2.24, 2.45) is 0 Å². The molecule has 1 aromatic heterocycles. The molecule has 1 fully saturated rings. The Balaban J connectivity index is 1.62. The molecule has 1 heterocycles. The second kappa shape index (κ2) is 8.82. The van der Waals surface area contributed by atoms with Crippen molar-refractivity contribution in [2.75, 3.05) is 0 Å². The van der Waals surface area contributed by atoms with Crippen molar-refractivity contribution in [3.63, 3.8) is 0 Å². The number of carbonyl (C=O) groups excluding carboxylic acids is 1. The van der Waals surface area contributed by atoms with Crippen LogP contribution in [0.5, 0.6) is 0 Å². The van der Waals surface area contributed by atoms with Crippen LogP contribution in [0.2, 0.25) is 5.02 Å². The molecule has 0 atom stereocenters. The number of sulfone groups is 1. The van der Waals surface area contributed by atoms with Crippen molar-refractivity contribution >= 4 is 38.2 Å².